The van der Waals surface area contributed by atoms with Gasteiger partial charge in [0.1, 0.15) is 0 Å². The third-order valence-electron chi connectivity index (χ3n) is 4.82. The van der Waals surface area contributed by atoms with Gasteiger partial charge < -0.3 is 19.3 Å². The Morgan fingerprint density at radius 1 is 1.12 bits per heavy atom. The van der Waals surface area contributed by atoms with Gasteiger partial charge >= 0.3 is 0 Å². The lowest BCUT2D eigenvalue weighted by Crippen LogP contribution is -2.37. The molecule has 0 saturated heterocycles. The standard InChI is InChI=1S/C21H22IN5O5/c1-25(2)7-8-26(21(28)14-10-19(31-3)20(32-4)11-16(14)22)18-12-23-24-17-6-5-13(27(29)30)9-15(17)18/h5-6,9-12H,7-8H2,1-4H3. The van der Waals surface area contributed by atoms with Gasteiger partial charge in [0.25, 0.3) is 11.6 Å². The molecule has 3 aromatic rings. The maximum atomic E-state index is 13.7. The molecule has 1 aromatic heterocycles. The predicted molar refractivity (Wildman–Crippen MR) is 129 cm³/mol. The van der Waals surface area contributed by atoms with E-state index in [1.807, 2.05) is 19.0 Å². The Balaban J connectivity index is 2.17. The van der Waals surface area contributed by atoms with Crippen molar-refractivity contribution < 1.29 is 19.2 Å². The number of fused-ring (bicyclic) bond motifs is 1. The lowest BCUT2D eigenvalue weighted by Gasteiger charge is -2.26. The van der Waals surface area contributed by atoms with Crippen LogP contribution >= 0.6 is 22.6 Å². The molecule has 3 rings (SSSR count). The highest BCUT2D eigenvalue weighted by atomic mass is 127. The Morgan fingerprint density at radius 2 is 1.81 bits per heavy atom. The number of hydrogen-bond acceptors (Lipinski definition) is 8. The van der Waals surface area contributed by atoms with Gasteiger partial charge in [-0.1, -0.05) is 0 Å². The zero-order chi connectivity index (χ0) is 23.4. The number of halogens is 1. The largest absolute Gasteiger partial charge is 0.493 e. The Morgan fingerprint density at radius 3 is 2.44 bits per heavy atom. The van der Waals surface area contributed by atoms with Crippen molar-refractivity contribution >= 4 is 50.8 Å². The molecule has 0 spiro atoms. The van der Waals surface area contributed by atoms with E-state index in [1.54, 1.807) is 17.0 Å². The molecule has 10 nitrogen and oxygen atoms in total. The van der Waals surface area contributed by atoms with Gasteiger partial charge in [-0.25, -0.2) is 0 Å². The van der Waals surface area contributed by atoms with Crippen molar-refractivity contribution in [2.75, 3.05) is 46.3 Å². The normalized spacial score (nSPS) is 10.9. The highest BCUT2D eigenvalue weighted by Gasteiger charge is 2.25. The number of nitro groups is 1. The quantitative estimate of drug-likeness (QED) is 0.238. The van der Waals surface area contributed by atoms with Crippen LogP contribution in [0.4, 0.5) is 11.4 Å². The summed E-state index contributed by atoms with van der Waals surface area (Å²) in [4.78, 5) is 28.1. The first kappa shape index (κ1) is 23.6. The second kappa shape index (κ2) is 10.0. The van der Waals surface area contributed by atoms with Crippen molar-refractivity contribution in [3.05, 3.63) is 55.8 Å². The van der Waals surface area contributed by atoms with Crippen LogP contribution in [0.25, 0.3) is 10.9 Å². The first-order valence-electron chi connectivity index (χ1n) is 9.54. The number of amides is 1. The smallest absolute Gasteiger partial charge is 0.270 e. The predicted octanol–water partition coefficient (Wildman–Crippen LogP) is 3.37. The Labute approximate surface area is 198 Å². The monoisotopic (exact) mass is 551 g/mol. The molecule has 0 aliphatic heterocycles. The average molecular weight is 551 g/mol. The molecule has 0 saturated carbocycles. The number of rotatable bonds is 8. The van der Waals surface area contributed by atoms with Crippen molar-refractivity contribution in [3.8, 4) is 11.5 Å². The highest BCUT2D eigenvalue weighted by molar-refractivity contribution is 14.1. The molecule has 11 heteroatoms. The van der Waals surface area contributed by atoms with E-state index in [1.165, 1.54) is 38.6 Å². The summed E-state index contributed by atoms with van der Waals surface area (Å²) in [5.41, 5.74) is 1.22. The summed E-state index contributed by atoms with van der Waals surface area (Å²) in [6.45, 7) is 0.897. The van der Waals surface area contributed by atoms with Gasteiger partial charge in [-0.05, 0) is 54.9 Å². The third kappa shape index (κ3) is 4.88. The summed E-state index contributed by atoms with van der Waals surface area (Å²) in [6, 6.07) is 7.66. The molecule has 2 aromatic carbocycles. The van der Waals surface area contributed by atoms with Crippen LogP contribution in [-0.4, -0.2) is 67.3 Å². The van der Waals surface area contributed by atoms with Crippen LogP contribution in [0.3, 0.4) is 0 Å². The number of nitro benzene ring substituents is 1. The highest BCUT2D eigenvalue weighted by Crippen LogP contribution is 2.34. The summed E-state index contributed by atoms with van der Waals surface area (Å²) in [7, 11) is 6.83. The minimum atomic E-state index is -0.479. The van der Waals surface area contributed by atoms with Crippen molar-refractivity contribution in [1.82, 2.24) is 15.1 Å². The zero-order valence-electron chi connectivity index (χ0n) is 18.0. The number of methoxy groups -OCH3 is 2. The van der Waals surface area contributed by atoms with Crippen molar-refractivity contribution in [2.24, 2.45) is 0 Å². The molecule has 0 aliphatic carbocycles. The first-order valence-corrected chi connectivity index (χ1v) is 10.6. The van der Waals surface area contributed by atoms with Crippen molar-refractivity contribution in [2.45, 2.75) is 0 Å². The number of aromatic nitrogens is 2. The van der Waals surface area contributed by atoms with Crippen LogP contribution in [0, 0.1) is 13.7 Å². The number of carbonyl (C=O) groups is 1. The van der Waals surface area contributed by atoms with E-state index in [2.05, 4.69) is 32.8 Å². The number of likely N-dealkylation sites (N-methyl/N-ethyl adjacent to an activating group) is 1. The molecule has 32 heavy (non-hydrogen) atoms. The third-order valence-corrected chi connectivity index (χ3v) is 5.72. The fourth-order valence-corrected chi connectivity index (χ4v) is 3.82. The van der Waals surface area contributed by atoms with E-state index in [4.69, 9.17) is 9.47 Å². The molecule has 0 fully saturated rings. The molecule has 168 valence electrons. The van der Waals surface area contributed by atoms with Gasteiger partial charge in [0.15, 0.2) is 11.5 Å². The summed E-state index contributed by atoms with van der Waals surface area (Å²) in [5, 5.41) is 19.9. The number of nitrogens with zero attached hydrogens (tertiary/aromatic N) is 5. The number of benzene rings is 2. The van der Waals surface area contributed by atoms with Crippen LogP contribution in [0.1, 0.15) is 10.4 Å². The first-order chi connectivity index (χ1) is 15.3. The van der Waals surface area contributed by atoms with Crippen LogP contribution in [0.15, 0.2) is 36.5 Å². The minimum Gasteiger partial charge on any atom is -0.493 e. The fourth-order valence-electron chi connectivity index (χ4n) is 3.16. The fraction of sp³-hybridized carbons (Fsp3) is 0.286. The van der Waals surface area contributed by atoms with Crippen LogP contribution < -0.4 is 14.4 Å². The van der Waals surface area contributed by atoms with Gasteiger partial charge in [-0.15, -0.1) is 0 Å². The Bertz CT molecular complexity index is 1170. The average Bonchev–Trinajstić information content (AvgIpc) is 2.78. The van der Waals surface area contributed by atoms with Crippen LogP contribution in [0.5, 0.6) is 11.5 Å². The van der Waals surface area contributed by atoms with Gasteiger partial charge in [0.05, 0.1) is 42.1 Å². The Kier molecular flexibility index (Phi) is 7.40. The molecule has 0 aliphatic rings. The lowest BCUT2D eigenvalue weighted by atomic mass is 10.1. The second-order valence-electron chi connectivity index (χ2n) is 7.14. The maximum Gasteiger partial charge on any atom is 0.270 e. The SMILES string of the molecule is COc1cc(I)c(C(=O)N(CCN(C)C)c2cnnc3ccc([N+](=O)[O-])cc23)cc1OC. The molecule has 1 heterocycles. The number of anilines is 1. The maximum absolute atomic E-state index is 13.7. The molecular formula is C21H22IN5O5. The van der Waals surface area contributed by atoms with E-state index in [0.29, 0.717) is 50.3 Å². The molecule has 1 amide bonds. The van der Waals surface area contributed by atoms with E-state index in [-0.39, 0.29) is 11.6 Å². The molecule has 0 bridgehead atoms. The molecule has 0 atom stereocenters. The molecule has 0 unspecified atom stereocenters. The van der Waals surface area contributed by atoms with E-state index < -0.39 is 4.92 Å². The summed E-state index contributed by atoms with van der Waals surface area (Å²) in [5.74, 6) is 0.648. The Hall–Kier alpha value is -3.06. The van der Waals surface area contributed by atoms with Crippen molar-refractivity contribution in [1.29, 1.82) is 0 Å². The molecule has 0 radical (unpaired) electrons. The van der Waals surface area contributed by atoms with E-state index in [9.17, 15) is 14.9 Å². The van der Waals surface area contributed by atoms with Gasteiger partial charge in [-0.3, -0.25) is 14.9 Å². The zero-order valence-corrected chi connectivity index (χ0v) is 20.2. The van der Waals surface area contributed by atoms with Gasteiger partial charge in [-0.2, -0.15) is 10.2 Å². The summed E-state index contributed by atoms with van der Waals surface area (Å²) in [6.07, 6.45) is 1.45. The molecular weight excluding hydrogens is 529 g/mol. The molecule has 0 N–H and O–H groups in total. The van der Waals surface area contributed by atoms with Crippen LogP contribution in [-0.2, 0) is 0 Å². The van der Waals surface area contributed by atoms with E-state index in [0.717, 1.165) is 0 Å². The number of non-ortho nitro benzene ring substituents is 1. The van der Waals surface area contributed by atoms with E-state index >= 15 is 0 Å². The second-order valence-corrected chi connectivity index (χ2v) is 8.30. The van der Waals surface area contributed by atoms with Gasteiger partial charge in [0.2, 0.25) is 0 Å². The topological polar surface area (TPSA) is 111 Å². The number of ether oxygens (including phenoxy) is 2. The number of carbonyl (C=O) groups excluding carboxylic acids is 1. The summed E-state index contributed by atoms with van der Waals surface area (Å²) < 4.78 is 11.4. The van der Waals surface area contributed by atoms with Gasteiger partial charge in [0, 0.05) is 34.2 Å². The summed E-state index contributed by atoms with van der Waals surface area (Å²) >= 11 is 2.07. The van der Waals surface area contributed by atoms with Crippen LogP contribution in [0.2, 0.25) is 0 Å². The number of hydrogen-bond donors (Lipinski definition) is 0. The lowest BCUT2D eigenvalue weighted by molar-refractivity contribution is -0.384. The van der Waals surface area contributed by atoms with Crippen molar-refractivity contribution in [3.63, 3.8) is 0 Å². The minimum absolute atomic E-state index is 0.0903.